The van der Waals surface area contributed by atoms with Gasteiger partial charge in [0.15, 0.2) is 16.4 Å². The number of amides is 1. The van der Waals surface area contributed by atoms with Gasteiger partial charge in [-0.2, -0.15) is 0 Å². The second-order valence-corrected chi connectivity index (χ2v) is 6.85. The molecule has 0 saturated heterocycles. The number of ether oxygens (including phenoxy) is 3. The molecule has 0 heterocycles. The molecule has 11 nitrogen and oxygen atoms in total. The summed E-state index contributed by atoms with van der Waals surface area (Å²) in [6.45, 7) is 0. The molecule has 0 bridgehead atoms. The molecule has 0 atom stereocenters. The second kappa shape index (κ2) is 8.54. The number of nitro benzene ring substituents is 1. The van der Waals surface area contributed by atoms with Crippen LogP contribution in [0.3, 0.4) is 0 Å². The zero-order chi connectivity index (χ0) is 20.9. The van der Waals surface area contributed by atoms with E-state index in [1.165, 1.54) is 45.6 Å². The van der Waals surface area contributed by atoms with Crippen molar-refractivity contribution >= 4 is 21.6 Å². The molecule has 0 aromatic heterocycles. The number of benzene rings is 2. The van der Waals surface area contributed by atoms with E-state index in [1.54, 1.807) is 0 Å². The van der Waals surface area contributed by atoms with Crippen LogP contribution in [0, 0.1) is 10.1 Å². The lowest BCUT2D eigenvalue weighted by atomic mass is 10.1. The van der Waals surface area contributed by atoms with Crippen LogP contribution in [0.2, 0.25) is 0 Å². The van der Waals surface area contributed by atoms with Crippen molar-refractivity contribution in [2.45, 2.75) is 4.90 Å². The molecule has 28 heavy (non-hydrogen) atoms. The van der Waals surface area contributed by atoms with E-state index in [0.29, 0.717) is 0 Å². The number of nitro groups is 1. The SMILES string of the molecule is COc1cc(C(=O)NNS(=O)(=O)c2ccccc2[N+](=O)[O-])cc(OC)c1OC. The summed E-state index contributed by atoms with van der Waals surface area (Å²) in [7, 11) is -0.289. The summed E-state index contributed by atoms with van der Waals surface area (Å²) in [5.74, 6) is -0.217. The van der Waals surface area contributed by atoms with Gasteiger partial charge in [0.1, 0.15) is 0 Å². The average Bonchev–Trinajstić information content (AvgIpc) is 2.70. The Balaban J connectivity index is 2.28. The zero-order valence-corrected chi connectivity index (χ0v) is 15.9. The lowest BCUT2D eigenvalue weighted by Gasteiger charge is -2.14. The summed E-state index contributed by atoms with van der Waals surface area (Å²) in [5.41, 5.74) is 1.36. The fourth-order valence-electron chi connectivity index (χ4n) is 2.29. The van der Waals surface area contributed by atoms with E-state index < -0.39 is 31.4 Å². The molecule has 0 aliphatic heterocycles. The quantitative estimate of drug-likeness (QED) is 0.487. The minimum atomic E-state index is -4.39. The van der Waals surface area contributed by atoms with Crippen LogP contribution in [0.4, 0.5) is 5.69 Å². The molecular weight excluding hydrogens is 394 g/mol. The third-order valence-electron chi connectivity index (χ3n) is 3.58. The number of rotatable bonds is 8. The van der Waals surface area contributed by atoms with Crippen LogP contribution in [0.15, 0.2) is 41.3 Å². The number of hydrogen-bond acceptors (Lipinski definition) is 8. The van der Waals surface area contributed by atoms with Gasteiger partial charge < -0.3 is 14.2 Å². The van der Waals surface area contributed by atoms with Crippen molar-refractivity contribution in [3.63, 3.8) is 0 Å². The lowest BCUT2D eigenvalue weighted by molar-refractivity contribution is -0.387. The third kappa shape index (κ3) is 4.29. The van der Waals surface area contributed by atoms with Crippen LogP contribution < -0.4 is 24.5 Å². The molecule has 150 valence electrons. The highest BCUT2D eigenvalue weighted by atomic mass is 32.2. The summed E-state index contributed by atoms with van der Waals surface area (Å²) in [6, 6.07) is 7.36. The first-order valence-corrected chi connectivity index (χ1v) is 9.09. The Morgan fingerprint density at radius 1 is 1.04 bits per heavy atom. The predicted molar refractivity (Wildman–Crippen MR) is 97.0 cm³/mol. The minimum absolute atomic E-state index is 0.000221. The Bertz CT molecular complexity index is 982. The number of sulfonamides is 1. The van der Waals surface area contributed by atoms with Crippen molar-refractivity contribution in [2.24, 2.45) is 0 Å². The monoisotopic (exact) mass is 411 g/mol. The maximum absolute atomic E-state index is 12.4. The molecule has 0 aliphatic carbocycles. The first-order chi connectivity index (χ1) is 13.2. The highest BCUT2D eigenvalue weighted by molar-refractivity contribution is 7.89. The lowest BCUT2D eigenvalue weighted by Crippen LogP contribution is -2.41. The normalized spacial score (nSPS) is 10.8. The minimum Gasteiger partial charge on any atom is -0.493 e. The van der Waals surface area contributed by atoms with Gasteiger partial charge in [-0.1, -0.05) is 12.1 Å². The third-order valence-corrected chi connectivity index (χ3v) is 4.87. The average molecular weight is 411 g/mol. The summed E-state index contributed by atoms with van der Waals surface area (Å²) in [4.78, 5) is 23.8. The summed E-state index contributed by atoms with van der Waals surface area (Å²) in [6.07, 6.45) is 0. The van der Waals surface area contributed by atoms with Crippen molar-refractivity contribution in [3.8, 4) is 17.2 Å². The van der Waals surface area contributed by atoms with Gasteiger partial charge in [-0.25, -0.2) is 8.42 Å². The molecule has 0 radical (unpaired) electrons. The zero-order valence-electron chi connectivity index (χ0n) is 15.1. The molecular formula is C16H17N3O8S. The number of hydrogen-bond donors (Lipinski definition) is 2. The van der Waals surface area contributed by atoms with Gasteiger partial charge in [-0.15, -0.1) is 4.83 Å². The molecule has 0 unspecified atom stereocenters. The van der Waals surface area contributed by atoms with Gasteiger partial charge in [0.2, 0.25) is 5.75 Å². The largest absolute Gasteiger partial charge is 0.493 e. The number of para-hydroxylation sites is 1. The van der Waals surface area contributed by atoms with Crippen molar-refractivity contribution < 1.29 is 32.3 Å². The van der Waals surface area contributed by atoms with E-state index in [1.807, 2.05) is 10.3 Å². The highest BCUT2D eigenvalue weighted by Crippen LogP contribution is 2.38. The van der Waals surface area contributed by atoms with E-state index >= 15 is 0 Å². The fraction of sp³-hybridized carbons (Fsp3) is 0.188. The second-order valence-electron chi connectivity index (χ2n) is 5.20. The standard InChI is InChI=1S/C16H17N3O8S/c1-25-12-8-10(9-13(26-2)15(12)27-3)16(20)17-18-28(23,24)14-7-5-4-6-11(14)19(21)22/h4-9,18H,1-3H3,(H,17,20). The molecule has 2 rings (SSSR count). The van der Waals surface area contributed by atoms with Crippen LogP contribution in [-0.4, -0.2) is 40.6 Å². The van der Waals surface area contributed by atoms with Crippen LogP contribution in [0.25, 0.3) is 0 Å². The Kier molecular flexibility index (Phi) is 6.38. The molecule has 2 aromatic rings. The molecule has 0 saturated carbocycles. The maximum atomic E-state index is 12.4. The first-order valence-electron chi connectivity index (χ1n) is 7.60. The fourth-order valence-corrected chi connectivity index (χ4v) is 3.30. The van der Waals surface area contributed by atoms with Gasteiger partial charge in [0, 0.05) is 11.6 Å². The Morgan fingerprint density at radius 3 is 2.11 bits per heavy atom. The van der Waals surface area contributed by atoms with Crippen molar-refractivity contribution in [2.75, 3.05) is 21.3 Å². The van der Waals surface area contributed by atoms with Gasteiger partial charge in [0.25, 0.3) is 21.6 Å². The number of nitrogens with zero attached hydrogens (tertiary/aromatic N) is 1. The van der Waals surface area contributed by atoms with Crippen LogP contribution in [0.5, 0.6) is 17.2 Å². The van der Waals surface area contributed by atoms with Gasteiger partial charge >= 0.3 is 0 Å². The van der Waals surface area contributed by atoms with Gasteiger partial charge in [-0.05, 0) is 18.2 Å². The van der Waals surface area contributed by atoms with Crippen LogP contribution in [0.1, 0.15) is 10.4 Å². The van der Waals surface area contributed by atoms with E-state index in [0.717, 1.165) is 12.1 Å². The van der Waals surface area contributed by atoms with E-state index in [4.69, 9.17) is 14.2 Å². The number of carbonyl (C=O) groups excluding carboxylic acids is 1. The van der Waals surface area contributed by atoms with E-state index in [-0.39, 0.29) is 22.8 Å². The number of methoxy groups -OCH3 is 3. The Labute approximate surface area is 160 Å². The molecule has 0 fully saturated rings. The Hall–Kier alpha value is -3.38. The topological polar surface area (TPSA) is 146 Å². The van der Waals surface area contributed by atoms with Crippen LogP contribution in [-0.2, 0) is 10.0 Å². The molecule has 0 aliphatic rings. The van der Waals surface area contributed by atoms with Crippen LogP contribution >= 0.6 is 0 Å². The molecule has 2 aromatic carbocycles. The number of carbonyl (C=O) groups is 1. The molecule has 2 N–H and O–H groups in total. The van der Waals surface area contributed by atoms with E-state index in [9.17, 15) is 23.3 Å². The molecule has 0 spiro atoms. The van der Waals surface area contributed by atoms with Crippen molar-refractivity contribution in [1.82, 2.24) is 10.3 Å². The molecule has 1 amide bonds. The predicted octanol–water partition coefficient (Wildman–Crippen LogP) is 1.24. The number of hydrazine groups is 1. The maximum Gasteiger partial charge on any atom is 0.289 e. The van der Waals surface area contributed by atoms with Gasteiger partial charge in [0.05, 0.1) is 26.3 Å². The number of nitrogens with one attached hydrogen (secondary N) is 2. The summed E-state index contributed by atoms with van der Waals surface area (Å²) >= 11 is 0. The highest BCUT2D eigenvalue weighted by Gasteiger charge is 2.26. The summed E-state index contributed by atoms with van der Waals surface area (Å²) in [5, 5.41) is 11.0. The Morgan fingerprint density at radius 2 is 1.61 bits per heavy atom. The van der Waals surface area contributed by atoms with E-state index in [2.05, 4.69) is 0 Å². The van der Waals surface area contributed by atoms with Crippen molar-refractivity contribution in [1.29, 1.82) is 0 Å². The smallest absolute Gasteiger partial charge is 0.289 e. The summed E-state index contributed by atoms with van der Waals surface area (Å²) < 4.78 is 40.1. The van der Waals surface area contributed by atoms with Gasteiger partial charge in [-0.3, -0.25) is 20.3 Å². The molecule has 12 heteroatoms. The first kappa shape index (κ1) is 20.9. The van der Waals surface area contributed by atoms with Crippen molar-refractivity contribution in [3.05, 3.63) is 52.1 Å².